The van der Waals surface area contributed by atoms with Crippen molar-refractivity contribution in [3.63, 3.8) is 0 Å². The lowest BCUT2D eigenvalue weighted by atomic mass is 9.88. The van der Waals surface area contributed by atoms with Crippen LogP contribution in [0.3, 0.4) is 0 Å². The molecule has 2 aromatic carbocycles. The number of hydrogen-bond acceptors (Lipinski definition) is 3. The fourth-order valence-corrected chi connectivity index (χ4v) is 4.58. The second-order valence-corrected chi connectivity index (χ2v) is 8.86. The second kappa shape index (κ2) is 8.99. The zero-order valence-corrected chi connectivity index (χ0v) is 16.4. The molecule has 0 aliphatic rings. The molecular formula is C21H27NO3S. The molecule has 140 valence electrons. The molecule has 1 unspecified atom stereocenters. The van der Waals surface area contributed by atoms with Gasteiger partial charge in [0.15, 0.2) is 9.84 Å². The molecule has 0 radical (unpaired) electrons. The summed E-state index contributed by atoms with van der Waals surface area (Å²) < 4.78 is 24.9. The fourth-order valence-electron chi connectivity index (χ4n) is 3.04. The Morgan fingerprint density at radius 2 is 1.62 bits per heavy atom. The molecular weight excluding hydrogens is 346 g/mol. The predicted molar refractivity (Wildman–Crippen MR) is 105 cm³/mol. The Hall–Kier alpha value is -2.14. The molecule has 0 saturated heterocycles. The van der Waals surface area contributed by atoms with Crippen LogP contribution in [0, 0.1) is 5.92 Å². The van der Waals surface area contributed by atoms with Crippen molar-refractivity contribution in [3.05, 3.63) is 65.7 Å². The molecule has 1 atom stereocenters. The van der Waals surface area contributed by atoms with Crippen LogP contribution in [0.5, 0.6) is 0 Å². The Labute approximate surface area is 156 Å². The van der Waals surface area contributed by atoms with Crippen molar-refractivity contribution in [2.75, 3.05) is 12.3 Å². The summed E-state index contributed by atoms with van der Waals surface area (Å²) in [6.07, 6.45) is 0.516. The summed E-state index contributed by atoms with van der Waals surface area (Å²) >= 11 is 0. The van der Waals surface area contributed by atoms with Crippen LogP contribution >= 0.6 is 0 Å². The van der Waals surface area contributed by atoms with E-state index in [1.54, 1.807) is 18.2 Å². The van der Waals surface area contributed by atoms with Gasteiger partial charge in [-0.2, -0.15) is 0 Å². The van der Waals surface area contributed by atoms with E-state index < -0.39 is 9.84 Å². The molecule has 2 aromatic rings. The van der Waals surface area contributed by atoms with Crippen LogP contribution in [0.4, 0.5) is 0 Å². The first-order valence-electron chi connectivity index (χ1n) is 9.01. The van der Waals surface area contributed by atoms with E-state index in [9.17, 15) is 13.2 Å². The predicted octanol–water partition coefficient (Wildman–Crippen LogP) is 4.04. The number of amides is 1. The highest BCUT2D eigenvalue weighted by Crippen LogP contribution is 2.24. The second-order valence-electron chi connectivity index (χ2n) is 6.79. The maximum Gasteiger partial charge on any atom is 0.252 e. The van der Waals surface area contributed by atoms with Gasteiger partial charge >= 0.3 is 0 Å². The molecule has 1 N–H and O–H groups in total. The molecule has 4 nitrogen and oxygen atoms in total. The summed E-state index contributed by atoms with van der Waals surface area (Å²) in [5.41, 5.74) is 1.38. The monoisotopic (exact) mass is 373 g/mol. The molecule has 0 aliphatic carbocycles. The van der Waals surface area contributed by atoms with E-state index in [0.717, 1.165) is 5.56 Å². The van der Waals surface area contributed by atoms with E-state index in [4.69, 9.17) is 0 Å². The van der Waals surface area contributed by atoms with Crippen LogP contribution in [0.1, 0.15) is 49.0 Å². The van der Waals surface area contributed by atoms with Crippen molar-refractivity contribution in [2.45, 2.75) is 38.0 Å². The van der Waals surface area contributed by atoms with Gasteiger partial charge in [-0.3, -0.25) is 4.79 Å². The maximum absolute atomic E-state index is 12.7. The number of benzene rings is 2. The van der Waals surface area contributed by atoms with Gasteiger partial charge < -0.3 is 5.32 Å². The number of sulfone groups is 1. The van der Waals surface area contributed by atoms with Gasteiger partial charge in [-0.15, -0.1) is 0 Å². The Balaban J connectivity index is 2.20. The van der Waals surface area contributed by atoms with Crippen LogP contribution in [-0.4, -0.2) is 26.6 Å². The Morgan fingerprint density at radius 3 is 2.23 bits per heavy atom. The zero-order chi connectivity index (χ0) is 19.2. The first kappa shape index (κ1) is 20.2. The molecule has 0 fully saturated rings. The standard InChI is InChI=1S/C21H27NO3S/c1-4-14-26(24,25)20-13-9-8-12-18(20)21(23)22-15-19(16(2)3)17-10-6-5-7-11-17/h5-13,16,19H,4,14-15H2,1-3H3,(H,22,23). The van der Waals surface area contributed by atoms with Crippen molar-refractivity contribution in [2.24, 2.45) is 5.92 Å². The van der Waals surface area contributed by atoms with Crippen LogP contribution in [0.2, 0.25) is 0 Å². The molecule has 0 spiro atoms. The number of nitrogens with one attached hydrogen (secondary N) is 1. The van der Waals surface area contributed by atoms with Crippen molar-refractivity contribution in [3.8, 4) is 0 Å². The van der Waals surface area contributed by atoms with Gasteiger partial charge in [0.2, 0.25) is 0 Å². The molecule has 0 aliphatic heterocycles. The summed E-state index contributed by atoms with van der Waals surface area (Å²) in [5.74, 6) is 0.203. The minimum Gasteiger partial charge on any atom is -0.351 e. The summed E-state index contributed by atoms with van der Waals surface area (Å²) in [6.45, 7) is 6.50. The lowest BCUT2D eigenvalue weighted by Crippen LogP contribution is -2.31. The highest BCUT2D eigenvalue weighted by molar-refractivity contribution is 7.91. The number of carbonyl (C=O) groups excluding carboxylic acids is 1. The maximum atomic E-state index is 12.7. The molecule has 1 amide bonds. The summed E-state index contributed by atoms with van der Waals surface area (Å²) in [6, 6.07) is 16.5. The summed E-state index contributed by atoms with van der Waals surface area (Å²) in [5, 5.41) is 2.93. The number of rotatable bonds is 8. The third-order valence-corrected chi connectivity index (χ3v) is 6.43. The minimum absolute atomic E-state index is 0.0376. The molecule has 2 rings (SSSR count). The number of carbonyl (C=O) groups is 1. The van der Waals surface area contributed by atoms with Crippen LogP contribution in [0.25, 0.3) is 0 Å². The lowest BCUT2D eigenvalue weighted by Gasteiger charge is -2.22. The largest absolute Gasteiger partial charge is 0.351 e. The molecule has 0 saturated carbocycles. The fraction of sp³-hybridized carbons (Fsp3) is 0.381. The van der Waals surface area contributed by atoms with Gasteiger partial charge in [0, 0.05) is 12.5 Å². The summed E-state index contributed by atoms with van der Waals surface area (Å²) in [4.78, 5) is 12.8. The molecule has 0 aromatic heterocycles. The smallest absolute Gasteiger partial charge is 0.252 e. The molecule has 0 bridgehead atoms. The molecule has 5 heteroatoms. The molecule has 26 heavy (non-hydrogen) atoms. The van der Waals surface area contributed by atoms with Gasteiger partial charge in [-0.25, -0.2) is 8.42 Å². The third-order valence-electron chi connectivity index (χ3n) is 4.45. The lowest BCUT2D eigenvalue weighted by molar-refractivity contribution is 0.0946. The number of hydrogen-bond donors (Lipinski definition) is 1. The van der Waals surface area contributed by atoms with Crippen molar-refractivity contribution >= 4 is 15.7 Å². The minimum atomic E-state index is -3.45. The Kier molecular flexibility index (Phi) is 6.98. The van der Waals surface area contributed by atoms with Crippen LogP contribution < -0.4 is 5.32 Å². The van der Waals surface area contributed by atoms with Gasteiger partial charge in [-0.05, 0) is 30.0 Å². The zero-order valence-electron chi connectivity index (χ0n) is 15.6. The SMILES string of the molecule is CCCS(=O)(=O)c1ccccc1C(=O)NCC(c1ccccc1)C(C)C. The van der Waals surface area contributed by atoms with Crippen LogP contribution in [0.15, 0.2) is 59.5 Å². The highest BCUT2D eigenvalue weighted by atomic mass is 32.2. The first-order valence-corrected chi connectivity index (χ1v) is 10.7. The van der Waals surface area contributed by atoms with Gasteiger partial charge in [0.1, 0.15) is 0 Å². The quantitative estimate of drug-likeness (QED) is 0.759. The van der Waals surface area contributed by atoms with Gasteiger partial charge in [0.05, 0.1) is 16.2 Å². The average Bonchev–Trinajstić information content (AvgIpc) is 2.62. The summed E-state index contributed by atoms with van der Waals surface area (Å²) in [7, 11) is -3.45. The van der Waals surface area contributed by atoms with Crippen molar-refractivity contribution in [1.82, 2.24) is 5.32 Å². The van der Waals surface area contributed by atoms with E-state index in [1.807, 2.05) is 25.1 Å². The third kappa shape index (κ3) is 4.94. The normalized spacial score (nSPS) is 12.8. The van der Waals surface area contributed by atoms with Crippen molar-refractivity contribution in [1.29, 1.82) is 0 Å². The Morgan fingerprint density at radius 1 is 1.00 bits per heavy atom. The average molecular weight is 374 g/mol. The van der Waals surface area contributed by atoms with Gasteiger partial charge in [0.25, 0.3) is 5.91 Å². The van der Waals surface area contributed by atoms with E-state index in [-0.39, 0.29) is 28.0 Å². The van der Waals surface area contributed by atoms with E-state index in [1.165, 1.54) is 6.07 Å². The Bertz CT molecular complexity index is 829. The van der Waals surface area contributed by atoms with E-state index in [2.05, 4.69) is 31.3 Å². The van der Waals surface area contributed by atoms with Gasteiger partial charge in [-0.1, -0.05) is 63.2 Å². The first-order chi connectivity index (χ1) is 12.4. The molecule has 0 heterocycles. The van der Waals surface area contributed by atoms with E-state index in [0.29, 0.717) is 18.9 Å². The topological polar surface area (TPSA) is 63.2 Å². The highest BCUT2D eigenvalue weighted by Gasteiger charge is 2.23. The van der Waals surface area contributed by atoms with Crippen LogP contribution in [-0.2, 0) is 9.84 Å². The van der Waals surface area contributed by atoms with E-state index >= 15 is 0 Å². The van der Waals surface area contributed by atoms with Crippen molar-refractivity contribution < 1.29 is 13.2 Å².